The number of rotatable bonds is 7. The molecule has 1 amide bonds. The van der Waals surface area contributed by atoms with Crippen molar-refractivity contribution >= 4 is 17.0 Å². The molecule has 0 bridgehead atoms. The molecular weight excluding hydrogens is 354 g/mol. The zero-order chi connectivity index (χ0) is 19.3. The fourth-order valence-corrected chi connectivity index (χ4v) is 3.67. The van der Waals surface area contributed by atoms with Gasteiger partial charge in [0.2, 0.25) is 5.91 Å². The van der Waals surface area contributed by atoms with Crippen molar-refractivity contribution in [2.24, 2.45) is 0 Å². The molecule has 1 aliphatic rings. The van der Waals surface area contributed by atoms with Crippen LogP contribution in [-0.2, 0) is 24.2 Å². The smallest absolute Gasteiger partial charge is 0.220 e. The number of β-amino-alcohol motifs (C(OH)–C–C–N with tert-alkyl or cyclic N) is 1. The standard InChI is InChI=1S/C22H25N3O3/c26-18(15-25-11-9-16-4-1-2-5-17(16)14-25)13-24-22(27)8-7-19-12-20-21(28-19)6-3-10-23-20/h1-6,10,12,18,26H,7-9,11,13-15H2,(H,24,27)/t18-/m0/s1. The maximum Gasteiger partial charge on any atom is 0.220 e. The Morgan fingerprint density at radius 1 is 1.25 bits per heavy atom. The Morgan fingerprint density at radius 3 is 2.96 bits per heavy atom. The summed E-state index contributed by atoms with van der Waals surface area (Å²) < 4.78 is 5.67. The Balaban J connectivity index is 1.19. The van der Waals surface area contributed by atoms with Gasteiger partial charge in [0.25, 0.3) is 0 Å². The van der Waals surface area contributed by atoms with Gasteiger partial charge in [0.05, 0.1) is 6.10 Å². The highest BCUT2D eigenvalue weighted by Crippen LogP contribution is 2.19. The summed E-state index contributed by atoms with van der Waals surface area (Å²) in [4.78, 5) is 18.6. The fraction of sp³-hybridized carbons (Fsp3) is 0.364. The normalized spacial score (nSPS) is 15.3. The number of benzene rings is 1. The summed E-state index contributed by atoms with van der Waals surface area (Å²) in [6, 6.07) is 14.0. The molecule has 0 fully saturated rings. The molecule has 2 aromatic heterocycles. The van der Waals surface area contributed by atoms with Gasteiger partial charge in [-0.1, -0.05) is 24.3 Å². The van der Waals surface area contributed by atoms with Crippen molar-refractivity contribution in [3.05, 3.63) is 65.5 Å². The minimum atomic E-state index is -0.579. The summed E-state index contributed by atoms with van der Waals surface area (Å²) in [5.41, 5.74) is 4.25. The van der Waals surface area contributed by atoms with Crippen molar-refractivity contribution in [3.63, 3.8) is 0 Å². The highest BCUT2D eigenvalue weighted by atomic mass is 16.3. The van der Waals surface area contributed by atoms with Gasteiger partial charge in [-0.2, -0.15) is 0 Å². The quantitative estimate of drug-likeness (QED) is 0.659. The van der Waals surface area contributed by atoms with Gasteiger partial charge >= 0.3 is 0 Å². The van der Waals surface area contributed by atoms with Crippen LogP contribution in [-0.4, -0.2) is 46.6 Å². The van der Waals surface area contributed by atoms with Crippen LogP contribution < -0.4 is 5.32 Å². The van der Waals surface area contributed by atoms with Crippen molar-refractivity contribution in [2.75, 3.05) is 19.6 Å². The molecule has 28 heavy (non-hydrogen) atoms. The molecule has 0 saturated heterocycles. The molecule has 2 N–H and O–H groups in total. The zero-order valence-electron chi connectivity index (χ0n) is 15.8. The summed E-state index contributed by atoms with van der Waals surface area (Å²) in [5, 5.41) is 13.1. The summed E-state index contributed by atoms with van der Waals surface area (Å²) in [7, 11) is 0. The lowest BCUT2D eigenvalue weighted by Gasteiger charge is -2.30. The van der Waals surface area contributed by atoms with Crippen LogP contribution in [0.2, 0.25) is 0 Å². The van der Waals surface area contributed by atoms with Gasteiger partial charge in [-0.15, -0.1) is 0 Å². The second-order valence-electron chi connectivity index (χ2n) is 7.31. The number of aryl methyl sites for hydroxylation is 1. The molecule has 0 unspecified atom stereocenters. The number of amides is 1. The number of nitrogens with one attached hydrogen (secondary N) is 1. The maximum absolute atomic E-state index is 12.1. The Bertz CT molecular complexity index is 920. The van der Waals surface area contributed by atoms with Crippen molar-refractivity contribution in [2.45, 2.75) is 31.9 Å². The second-order valence-corrected chi connectivity index (χ2v) is 7.31. The van der Waals surface area contributed by atoms with Gasteiger partial charge in [-0.25, -0.2) is 0 Å². The summed E-state index contributed by atoms with van der Waals surface area (Å²) in [5.74, 6) is 0.660. The molecule has 146 valence electrons. The lowest BCUT2D eigenvalue weighted by atomic mass is 10.00. The molecule has 3 aromatic rings. The first kappa shape index (κ1) is 18.7. The van der Waals surface area contributed by atoms with Gasteiger partial charge in [-0.05, 0) is 29.7 Å². The molecule has 1 aliphatic heterocycles. The first-order valence-electron chi connectivity index (χ1n) is 9.75. The van der Waals surface area contributed by atoms with Crippen LogP contribution in [0.15, 0.2) is 53.1 Å². The third-order valence-corrected chi connectivity index (χ3v) is 5.15. The van der Waals surface area contributed by atoms with Crippen molar-refractivity contribution < 1.29 is 14.3 Å². The number of hydrogen-bond donors (Lipinski definition) is 2. The van der Waals surface area contributed by atoms with Gasteiger partial charge < -0.3 is 14.8 Å². The Hall–Kier alpha value is -2.70. The predicted molar refractivity (Wildman–Crippen MR) is 107 cm³/mol. The number of aliphatic hydroxyl groups is 1. The lowest BCUT2D eigenvalue weighted by molar-refractivity contribution is -0.121. The average molecular weight is 379 g/mol. The minimum Gasteiger partial charge on any atom is -0.459 e. The van der Waals surface area contributed by atoms with Gasteiger partial charge in [0, 0.05) is 51.3 Å². The predicted octanol–water partition coefficient (Wildman–Crippen LogP) is 2.30. The van der Waals surface area contributed by atoms with Crippen LogP contribution in [0.5, 0.6) is 0 Å². The van der Waals surface area contributed by atoms with E-state index in [4.69, 9.17) is 4.42 Å². The minimum absolute atomic E-state index is 0.0866. The monoisotopic (exact) mass is 379 g/mol. The summed E-state index contributed by atoms with van der Waals surface area (Å²) in [6.45, 7) is 2.60. The molecule has 0 spiro atoms. The molecule has 0 radical (unpaired) electrons. The van der Waals surface area contributed by atoms with E-state index in [0.29, 0.717) is 19.4 Å². The van der Waals surface area contributed by atoms with E-state index in [1.807, 2.05) is 18.2 Å². The lowest BCUT2D eigenvalue weighted by Crippen LogP contribution is -2.42. The number of pyridine rings is 1. The molecule has 3 heterocycles. The SMILES string of the molecule is O=C(CCc1cc2ncccc2o1)NC[C@H](O)CN1CCc2ccccc2C1. The number of carbonyl (C=O) groups excluding carboxylic acids is 1. The molecule has 0 aliphatic carbocycles. The molecule has 6 nitrogen and oxygen atoms in total. The number of aliphatic hydroxyl groups excluding tert-OH is 1. The third kappa shape index (κ3) is 4.58. The van der Waals surface area contributed by atoms with Gasteiger partial charge in [0.1, 0.15) is 11.3 Å². The number of nitrogens with zero attached hydrogens (tertiary/aromatic N) is 2. The van der Waals surface area contributed by atoms with Crippen LogP contribution in [0.1, 0.15) is 23.3 Å². The van der Waals surface area contributed by atoms with Crippen LogP contribution in [0.25, 0.3) is 11.1 Å². The van der Waals surface area contributed by atoms with E-state index in [-0.39, 0.29) is 12.5 Å². The van der Waals surface area contributed by atoms with Crippen LogP contribution in [0.4, 0.5) is 0 Å². The molecule has 4 rings (SSSR count). The molecule has 1 aromatic carbocycles. The van der Waals surface area contributed by atoms with Crippen LogP contribution in [0, 0.1) is 0 Å². The molecule has 0 saturated carbocycles. The Morgan fingerprint density at radius 2 is 2.11 bits per heavy atom. The number of hydrogen-bond acceptors (Lipinski definition) is 5. The fourth-order valence-electron chi connectivity index (χ4n) is 3.67. The molecule has 1 atom stereocenters. The highest BCUT2D eigenvalue weighted by molar-refractivity contribution is 5.77. The van der Waals surface area contributed by atoms with E-state index >= 15 is 0 Å². The largest absolute Gasteiger partial charge is 0.459 e. The number of aromatic nitrogens is 1. The summed E-state index contributed by atoms with van der Waals surface area (Å²) >= 11 is 0. The zero-order valence-corrected chi connectivity index (χ0v) is 15.8. The van der Waals surface area contributed by atoms with E-state index in [2.05, 4.69) is 39.5 Å². The topological polar surface area (TPSA) is 78.6 Å². The molecule has 6 heteroatoms. The van der Waals surface area contributed by atoms with Crippen molar-refractivity contribution in [1.82, 2.24) is 15.2 Å². The van der Waals surface area contributed by atoms with E-state index < -0.39 is 6.10 Å². The van der Waals surface area contributed by atoms with Crippen LogP contribution in [0.3, 0.4) is 0 Å². The van der Waals surface area contributed by atoms with E-state index in [9.17, 15) is 9.90 Å². The van der Waals surface area contributed by atoms with Crippen molar-refractivity contribution in [1.29, 1.82) is 0 Å². The third-order valence-electron chi connectivity index (χ3n) is 5.15. The van der Waals surface area contributed by atoms with E-state index in [1.54, 1.807) is 6.20 Å². The maximum atomic E-state index is 12.1. The average Bonchev–Trinajstić information content (AvgIpc) is 3.14. The van der Waals surface area contributed by atoms with E-state index in [1.165, 1.54) is 11.1 Å². The second kappa shape index (κ2) is 8.54. The first-order chi connectivity index (χ1) is 13.7. The number of fused-ring (bicyclic) bond motifs is 2. The highest BCUT2D eigenvalue weighted by Gasteiger charge is 2.18. The molecular formula is C22H25N3O3. The summed E-state index contributed by atoms with van der Waals surface area (Å²) in [6.07, 6.45) is 2.98. The Kier molecular flexibility index (Phi) is 5.69. The number of carbonyl (C=O) groups is 1. The van der Waals surface area contributed by atoms with Gasteiger partial charge in [0.15, 0.2) is 5.58 Å². The van der Waals surface area contributed by atoms with Crippen molar-refractivity contribution in [3.8, 4) is 0 Å². The first-order valence-corrected chi connectivity index (χ1v) is 9.75. The van der Waals surface area contributed by atoms with Gasteiger partial charge in [-0.3, -0.25) is 14.7 Å². The number of furan rings is 1. The van der Waals surface area contributed by atoms with E-state index in [0.717, 1.165) is 36.4 Å². The van der Waals surface area contributed by atoms with Crippen LogP contribution >= 0.6 is 0 Å². The Labute approximate surface area is 164 Å².